The summed E-state index contributed by atoms with van der Waals surface area (Å²) in [5, 5.41) is 4.71. The SMILES string of the molecule is CC(C)C1CNc2cccc3cc(-c4nc5cc(C(=O)N6CCCC6)cc(F)c5n4C)n1c23. The number of fused-ring (bicyclic) bond motifs is 1. The second-order valence-electron chi connectivity index (χ2n) is 9.65. The van der Waals surface area contributed by atoms with Gasteiger partial charge in [0.25, 0.3) is 5.91 Å². The van der Waals surface area contributed by atoms with Gasteiger partial charge in [-0.3, -0.25) is 4.79 Å². The minimum atomic E-state index is -0.409. The van der Waals surface area contributed by atoms with E-state index in [0.717, 1.165) is 54.8 Å². The zero-order valence-corrected chi connectivity index (χ0v) is 19.2. The standard InChI is InChI=1S/C26H28FN5O/c1-15(2)22-14-28-19-8-6-7-16-13-21(32(22)23(16)19)25-29-20-12-17(11-18(27)24(20)30(25)3)26(33)31-9-4-5-10-31/h6-8,11-13,15,22,28H,4-5,9-10,14H2,1-3H3. The number of nitrogens with one attached hydrogen (secondary N) is 1. The molecule has 1 unspecified atom stereocenters. The smallest absolute Gasteiger partial charge is 0.254 e. The molecular weight excluding hydrogens is 417 g/mol. The first-order chi connectivity index (χ1) is 15.9. The van der Waals surface area contributed by atoms with Crippen LogP contribution in [0.1, 0.15) is 43.1 Å². The monoisotopic (exact) mass is 445 g/mol. The molecular formula is C26H28FN5O. The molecule has 4 aromatic rings. The molecule has 0 saturated carbocycles. The third kappa shape index (κ3) is 2.98. The number of nitrogens with zero attached hydrogens (tertiary/aromatic N) is 4. The van der Waals surface area contributed by atoms with E-state index in [0.29, 0.717) is 28.3 Å². The maximum absolute atomic E-state index is 15.3. The fourth-order valence-corrected chi connectivity index (χ4v) is 5.54. The molecule has 1 atom stereocenters. The van der Waals surface area contributed by atoms with Gasteiger partial charge in [-0.2, -0.15) is 0 Å². The van der Waals surface area contributed by atoms with Gasteiger partial charge >= 0.3 is 0 Å². The number of amides is 1. The molecule has 170 valence electrons. The molecule has 1 saturated heterocycles. The average molecular weight is 446 g/mol. The largest absolute Gasteiger partial charge is 0.381 e. The topological polar surface area (TPSA) is 55.1 Å². The summed E-state index contributed by atoms with van der Waals surface area (Å²) >= 11 is 0. The summed E-state index contributed by atoms with van der Waals surface area (Å²) in [6, 6.07) is 11.8. The van der Waals surface area contributed by atoms with E-state index in [1.165, 1.54) is 6.07 Å². The number of imidazole rings is 1. The van der Waals surface area contributed by atoms with Crippen LogP contribution in [0.25, 0.3) is 33.5 Å². The van der Waals surface area contributed by atoms with Crippen molar-refractivity contribution in [2.45, 2.75) is 32.7 Å². The zero-order valence-electron chi connectivity index (χ0n) is 19.2. The first kappa shape index (κ1) is 20.3. The van der Waals surface area contributed by atoms with Crippen LogP contribution in [0.2, 0.25) is 0 Å². The van der Waals surface area contributed by atoms with Gasteiger partial charge in [-0.05, 0) is 43.0 Å². The maximum Gasteiger partial charge on any atom is 0.254 e. The Hall–Kier alpha value is -3.35. The minimum absolute atomic E-state index is 0.111. The molecule has 6 rings (SSSR count). The van der Waals surface area contributed by atoms with E-state index < -0.39 is 5.82 Å². The van der Waals surface area contributed by atoms with Gasteiger partial charge in [-0.1, -0.05) is 26.0 Å². The van der Waals surface area contributed by atoms with Crippen molar-refractivity contribution < 1.29 is 9.18 Å². The van der Waals surface area contributed by atoms with Crippen LogP contribution in [0.4, 0.5) is 10.1 Å². The van der Waals surface area contributed by atoms with E-state index in [1.807, 2.05) is 11.6 Å². The summed E-state index contributed by atoms with van der Waals surface area (Å²) in [6.07, 6.45) is 2.01. The Bertz CT molecular complexity index is 1410. The van der Waals surface area contributed by atoms with Crippen molar-refractivity contribution in [3.05, 3.63) is 47.8 Å². The Morgan fingerprint density at radius 3 is 2.70 bits per heavy atom. The average Bonchev–Trinajstić information content (AvgIpc) is 3.53. The van der Waals surface area contributed by atoms with Crippen LogP contribution in [0.5, 0.6) is 0 Å². The lowest BCUT2D eigenvalue weighted by molar-refractivity contribution is 0.0792. The predicted octanol–water partition coefficient (Wildman–Crippen LogP) is 5.19. The van der Waals surface area contributed by atoms with Crippen molar-refractivity contribution in [3.8, 4) is 11.5 Å². The number of hydrogen-bond acceptors (Lipinski definition) is 3. The highest BCUT2D eigenvalue weighted by molar-refractivity contribution is 5.99. The van der Waals surface area contributed by atoms with Crippen LogP contribution in [0.3, 0.4) is 0 Å². The van der Waals surface area contributed by atoms with E-state index in [9.17, 15) is 4.79 Å². The molecule has 0 radical (unpaired) electrons. The van der Waals surface area contributed by atoms with Crippen LogP contribution in [0.15, 0.2) is 36.4 Å². The van der Waals surface area contributed by atoms with Crippen LogP contribution in [-0.2, 0) is 7.05 Å². The first-order valence-corrected chi connectivity index (χ1v) is 11.8. The molecule has 33 heavy (non-hydrogen) atoms. The molecule has 7 heteroatoms. The van der Waals surface area contributed by atoms with Gasteiger partial charge < -0.3 is 19.4 Å². The number of carbonyl (C=O) groups is 1. The fraction of sp³-hybridized carbons (Fsp3) is 0.385. The maximum atomic E-state index is 15.3. The predicted molar refractivity (Wildman–Crippen MR) is 129 cm³/mol. The number of halogens is 1. The van der Waals surface area contributed by atoms with Crippen LogP contribution >= 0.6 is 0 Å². The van der Waals surface area contributed by atoms with Gasteiger partial charge in [0.15, 0.2) is 5.82 Å². The van der Waals surface area contributed by atoms with E-state index in [-0.39, 0.29) is 11.9 Å². The summed E-state index contributed by atoms with van der Waals surface area (Å²) < 4.78 is 19.5. The number of anilines is 1. The molecule has 0 bridgehead atoms. The molecule has 4 heterocycles. The molecule has 2 aromatic heterocycles. The highest BCUT2D eigenvalue weighted by Crippen LogP contribution is 2.40. The molecule has 2 aliphatic rings. The van der Waals surface area contributed by atoms with Gasteiger partial charge in [-0.15, -0.1) is 0 Å². The normalized spacial score (nSPS) is 18.0. The number of likely N-dealkylation sites (tertiary alicyclic amines) is 1. The zero-order chi connectivity index (χ0) is 22.9. The molecule has 6 nitrogen and oxygen atoms in total. The molecule has 1 fully saturated rings. The van der Waals surface area contributed by atoms with E-state index in [2.05, 4.69) is 48.0 Å². The van der Waals surface area contributed by atoms with Crippen molar-refractivity contribution in [1.29, 1.82) is 0 Å². The summed E-state index contributed by atoms with van der Waals surface area (Å²) in [6.45, 7) is 6.75. The number of carbonyl (C=O) groups excluding carboxylic acids is 1. The Balaban J connectivity index is 1.55. The number of para-hydroxylation sites is 1. The van der Waals surface area contributed by atoms with Crippen molar-refractivity contribution in [1.82, 2.24) is 19.0 Å². The second-order valence-corrected chi connectivity index (χ2v) is 9.65. The number of benzene rings is 2. The second kappa shape index (κ2) is 7.33. The lowest BCUT2D eigenvalue weighted by atomic mass is 10.0. The van der Waals surface area contributed by atoms with Crippen LogP contribution < -0.4 is 5.32 Å². The Morgan fingerprint density at radius 1 is 1.15 bits per heavy atom. The molecule has 2 aromatic carbocycles. The number of aryl methyl sites for hydroxylation is 1. The van der Waals surface area contributed by atoms with Gasteiger partial charge in [0.05, 0.1) is 28.5 Å². The summed E-state index contributed by atoms with van der Waals surface area (Å²) in [5.41, 5.74) is 4.57. The Kier molecular flexibility index (Phi) is 4.50. The number of rotatable bonds is 3. The van der Waals surface area contributed by atoms with Crippen LogP contribution in [0, 0.1) is 11.7 Å². The van der Waals surface area contributed by atoms with Gasteiger partial charge in [0, 0.05) is 37.6 Å². The van der Waals surface area contributed by atoms with Crippen molar-refractivity contribution in [2.75, 3.05) is 25.0 Å². The van der Waals surface area contributed by atoms with Crippen LogP contribution in [-0.4, -0.2) is 44.6 Å². The Labute approximate surface area is 192 Å². The molecule has 0 spiro atoms. The summed E-state index contributed by atoms with van der Waals surface area (Å²) in [7, 11) is 1.85. The summed E-state index contributed by atoms with van der Waals surface area (Å²) in [5.74, 6) is 0.606. The number of hydrogen-bond donors (Lipinski definition) is 1. The van der Waals surface area contributed by atoms with E-state index >= 15 is 4.39 Å². The lowest BCUT2D eigenvalue weighted by Gasteiger charge is -2.31. The van der Waals surface area contributed by atoms with E-state index in [4.69, 9.17) is 4.98 Å². The quantitative estimate of drug-likeness (QED) is 0.472. The fourth-order valence-electron chi connectivity index (χ4n) is 5.54. The van der Waals surface area contributed by atoms with E-state index in [1.54, 1.807) is 11.0 Å². The first-order valence-electron chi connectivity index (χ1n) is 11.8. The highest BCUT2D eigenvalue weighted by atomic mass is 19.1. The molecule has 2 aliphatic heterocycles. The third-order valence-corrected chi connectivity index (χ3v) is 7.25. The molecule has 1 N–H and O–H groups in total. The van der Waals surface area contributed by atoms with Crippen molar-refractivity contribution >= 4 is 33.5 Å². The number of aromatic nitrogens is 3. The van der Waals surface area contributed by atoms with Gasteiger partial charge in [0.1, 0.15) is 11.3 Å². The Morgan fingerprint density at radius 2 is 1.94 bits per heavy atom. The van der Waals surface area contributed by atoms with Crippen molar-refractivity contribution in [2.24, 2.45) is 13.0 Å². The van der Waals surface area contributed by atoms with Gasteiger partial charge in [-0.25, -0.2) is 9.37 Å². The van der Waals surface area contributed by atoms with Gasteiger partial charge in [0.2, 0.25) is 0 Å². The molecule has 1 amide bonds. The summed E-state index contributed by atoms with van der Waals surface area (Å²) in [4.78, 5) is 19.6. The highest BCUT2D eigenvalue weighted by Gasteiger charge is 2.29. The third-order valence-electron chi connectivity index (χ3n) is 7.25. The minimum Gasteiger partial charge on any atom is -0.381 e. The van der Waals surface area contributed by atoms with Crippen molar-refractivity contribution in [3.63, 3.8) is 0 Å². The molecule has 0 aliphatic carbocycles. The lowest BCUT2D eigenvalue weighted by Crippen LogP contribution is -2.28.